The van der Waals surface area contributed by atoms with Gasteiger partial charge in [0.2, 0.25) is 0 Å². The molecule has 1 aliphatic carbocycles. The van der Waals surface area contributed by atoms with Crippen LogP contribution in [0.15, 0.2) is 28.7 Å². The van der Waals surface area contributed by atoms with Gasteiger partial charge in [-0.25, -0.2) is 0 Å². The van der Waals surface area contributed by atoms with Crippen LogP contribution in [0.4, 0.5) is 0 Å². The van der Waals surface area contributed by atoms with E-state index >= 15 is 0 Å². The number of rotatable bonds is 4. The zero-order valence-corrected chi connectivity index (χ0v) is 13.3. The van der Waals surface area contributed by atoms with E-state index in [0.29, 0.717) is 12.6 Å². The molecule has 1 saturated carbocycles. The van der Waals surface area contributed by atoms with Gasteiger partial charge in [-0.15, -0.1) is 0 Å². The molecular formula is C16H22BrNO. The van der Waals surface area contributed by atoms with Crippen molar-refractivity contribution in [2.45, 2.75) is 38.6 Å². The van der Waals surface area contributed by atoms with Gasteiger partial charge < -0.3 is 0 Å². The average molecular weight is 324 g/mol. The van der Waals surface area contributed by atoms with Crippen LogP contribution in [0.1, 0.15) is 43.0 Å². The van der Waals surface area contributed by atoms with Gasteiger partial charge in [0.15, 0.2) is 5.78 Å². The van der Waals surface area contributed by atoms with Crippen LogP contribution in [0.3, 0.4) is 0 Å². The number of hydrogen-bond acceptors (Lipinski definition) is 2. The molecule has 0 saturated heterocycles. The van der Waals surface area contributed by atoms with Crippen molar-refractivity contribution < 1.29 is 4.79 Å². The fourth-order valence-electron chi connectivity index (χ4n) is 2.81. The van der Waals surface area contributed by atoms with Crippen molar-refractivity contribution in [2.75, 3.05) is 13.6 Å². The zero-order valence-electron chi connectivity index (χ0n) is 11.7. The molecule has 1 aliphatic rings. The van der Waals surface area contributed by atoms with Gasteiger partial charge in [-0.1, -0.05) is 41.1 Å². The summed E-state index contributed by atoms with van der Waals surface area (Å²) in [6.45, 7) is 2.84. The number of carbonyl (C=O) groups is 1. The number of likely N-dealkylation sites (N-methyl/N-ethyl adjacent to an activating group) is 1. The van der Waals surface area contributed by atoms with Crippen LogP contribution >= 0.6 is 15.9 Å². The Bertz CT molecular complexity index is 438. The summed E-state index contributed by atoms with van der Waals surface area (Å²) in [5, 5.41) is 0. The molecule has 1 aromatic rings. The Hall–Kier alpha value is -0.670. The van der Waals surface area contributed by atoms with Gasteiger partial charge in [-0.05, 0) is 44.7 Å². The predicted octanol–water partition coefficient (Wildman–Crippen LogP) is 4.14. The minimum Gasteiger partial charge on any atom is -0.296 e. The van der Waals surface area contributed by atoms with E-state index in [0.717, 1.165) is 16.0 Å². The first-order valence-corrected chi connectivity index (χ1v) is 7.85. The minimum absolute atomic E-state index is 0.202. The highest BCUT2D eigenvalue weighted by molar-refractivity contribution is 9.10. The summed E-state index contributed by atoms with van der Waals surface area (Å²) in [6.07, 6.45) is 5.03. The van der Waals surface area contributed by atoms with Crippen LogP contribution in [0, 0.1) is 5.92 Å². The largest absolute Gasteiger partial charge is 0.296 e. The lowest BCUT2D eigenvalue weighted by molar-refractivity contribution is 0.0888. The van der Waals surface area contributed by atoms with Crippen LogP contribution in [0.5, 0.6) is 0 Å². The number of carbonyl (C=O) groups excluding carboxylic acids is 1. The average Bonchev–Trinajstić information content (AvgIpc) is 2.39. The molecule has 1 fully saturated rings. The third-order valence-electron chi connectivity index (χ3n) is 4.18. The molecule has 0 radical (unpaired) electrons. The Labute approximate surface area is 124 Å². The second-order valence-corrected chi connectivity index (χ2v) is 6.59. The molecule has 19 heavy (non-hydrogen) atoms. The number of ketones is 1. The van der Waals surface area contributed by atoms with Crippen LogP contribution in [-0.2, 0) is 0 Å². The van der Waals surface area contributed by atoms with E-state index in [4.69, 9.17) is 0 Å². The Balaban J connectivity index is 1.94. The third kappa shape index (κ3) is 3.90. The fraction of sp³-hybridized carbons (Fsp3) is 0.562. The van der Waals surface area contributed by atoms with Crippen molar-refractivity contribution in [2.24, 2.45) is 5.92 Å². The zero-order chi connectivity index (χ0) is 13.8. The Kier molecular flexibility index (Phi) is 5.17. The Morgan fingerprint density at radius 1 is 1.26 bits per heavy atom. The lowest BCUT2D eigenvalue weighted by atomic mass is 9.86. The normalized spacial score (nSPS) is 23.6. The highest BCUT2D eigenvalue weighted by Gasteiger charge is 2.23. The maximum absolute atomic E-state index is 12.3. The first-order chi connectivity index (χ1) is 9.08. The maximum Gasteiger partial charge on any atom is 0.177 e. The monoisotopic (exact) mass is 323 g/mol. The topological polar surface area (TPSA) is 20.3 Å². The van der Waals surface area contributed by atoms with Gasteiger partial charge >= 0.3 is 0 Å². The molecule has 0 atom stereocenters. The van der Waals surface area contributed by atoms with E-state index in [1.165, 1.54) is 25.7 Å². The lowest BCUT2D eigenvalue weighted by Gasteiger charge is -2.33. The molecular weight excluding hydrogens is 302 g/mol. The number of Topliss-reactive ketones (excluding diaryl/α,β-unsaturated/α-hetero) is 1. The van der Waals surface area contributed by atoms with Gasteiger partial charge in [0.25, 0.3) is 0 Å². The summed E-state index contributed by atoms with van der Waals surface area (Å²) in [5.74, 6) is 1.05. The summed E-state index contributed by atoms with van der Waals surface area (Å²) >= 11 is 3.45. The van der Waals surface area contributed by atoms with Crippen LogP contribution in [-0.4, -0.2) is 30.3 Å². The molecule has 2 rings (SSSR count). The van der Waals surface area contributed by atoms with Crippen molar-refractivity contribution in [1.82, 2.24) is 4.90 Å². The van der Waals surface area contributed by atoms with E-state index in [-0.39, 0.29) is 5.78 Å². The second-order valence-electron chi connectivity index (χ2n) is 5.73. The Morgan fingerprint density at radius 2 is 1.89 bits per heavy atom. The van der Waals surface area contributed by atoms with Gasteiger partial charge in [-0.2, -0.15) is 0 Å². The van der Waals surface area contributed by atoms with Crippen molar-refractivity contribution in [1.29, 1.82) is 0 Å². The summed E-state index contributed by atoms with van der Waals surface area (Å²) in [4.78, 5) is 14.5. The van der Waals surface area contributed by atoms with Gasteiger partial charge in [0.05, 0.1) is 6.54 Å². The first kappa shape index (κ1) is 14.7. The molecule has 2 nitrogen and oxygen atoms in total. The molecule has 0 amide bonds. The van der Waals surface area contributed by atoms with Crippen molar-refractivity contribution in [3.05, 3.63) is 34.3 Å². The van der Waals surface area contributed by atoms with Crippen molar-refractivity contribution >= 4 is 21.7 Å². The Morgan fingerprint density at radius 3 is 2.53 bits per heavy atom. The van der Waals surface area contributed by atoms with E-state index < -0.39 is 0 Å². The van der Waals surface area contributed by atoms with Crippen LogP contribution in [0.25, 0.3) is 0 Å². The van der Waals surface area contributed by atoms with E-state index in [1.54, 1.807) is 0 Å². The van der Waals surface area contributed by atoms with Gasteiger partial charge in [0, 0.05) is 16.1 Å². The quantitative estimate of drug-likeness (QED) is 0.776. The van der Waals surface area contributed by atoms with E-state index in [2.05, 4.69) is 34.8 Å². The molecule has 0 spiro atoms. The lowest BCUT2D eigenvalue weighted by Crippen LogP contribution is -2.38. The summed E-state index contributed by atoms with van der Waals surface area (Å²) < 4.78 is 0.894. The summed E-state index contributed by atoms with van der Waals surface area (Å²) in [5.41, 5.74) is 0.790. The van der Waals surface area contributed by atoms with Crippen LogP contribution < -0.4 is 0 Å². The number of benzene rings is 1. The molecule has 1 aromatic carbocycles. The number of halogens is 1. The smallest absolute Gasteiger partial charge is 0.177 e. The summed E-state index contributed by atoms with van der Waals surface area (Å²) in [7, 11) is 2.08. The van der Waals surface area contributed by atoms with E-state index in [1.807, 2.05) is 24.3 Å². The SMILES string of the molecule is CC1CCC(N(C)CC(=O)c2ccccc2Br)CC1. The molecule has 0 heterocycles. The molecule has 0 bridgehead atoms. The second kappa shape index (κ2) is 6.67. The minimum atomic E-state index is 0.202. The molecule has 104 valence electrons. The predicted molar refractivity (Wildman–Crippen MR) is 82.5 cm³/mol. The summed E-state index contributed by atoms with van der Waals surface area (Å²) in [6, 6.07) is 8.24. The fourth-order valence-corrected chi connectivity index (χ4v) is 3.32. The van der Waals surface area contributed by atoms with Gasteiger partial charge in [0.1, 0.15) is 0 Å². The molecule has 3 heteroatoms. The molecule has 0 unspecified atom stereocenters. The highest BCUT2D eigenvalue weighted by atomic mass is 79.9. The molecule has 0 N–H and O–H groups in total. The van der Waals surface area contributed by atoms with Gasteiger partial charge in [-0.3, -0.25) is 9.69 Å². The number of nitrogens with zero attached hydrogens (tertiary/aromatic N) is 1. The van der Waals surface area contributed by atoms with Crippen LogP contribution in [0.2, 0.25) is 0 Å². The highest BCUT2D eigenvalue weighted by Crippen LogP contribution is 2.26. The first-order valence-electron chi connectivity index (χ1n) is 7.06. The molecule has 0 aromatic heterocycles. The van der Waals surface area contributed by atoms with Crippen molar-refractivity contribution in [3.8, 4) is 0 Å². The number of hydrogen-bond donors (Lipinski definition) is 0. The van der Waals surface area contributed by atoms with Crippen molar-refractivity contribution in [3.63, 3.8) is 0 Å². The molecule has 0 aliphatic heterocycles. The third-order valence-corrected chi connectivity index (χ3v) is 4.87. The standard InChI is InChI=1S/C16H22BrNO/c1-12-7-9-13(10-8-12)18(2)11-16(19)14-5-3-4-6-15(14)17/h3-6,12-13H,7-11H2,1-2H3. The van der Waals surface area contributed by atoms with E-state index in [9.17, 15) is 4.79 Å². The maximum atomic E-state index is 12.3.